The quantitative estimate of drug-likeness (QED) is 0.773. The summed E-state index contributed by atoms with van der Waals surface area (Å²) in [6.07, 6.45) is 4.44. The second-order valence-corrected chi connectivity index (χ2v) is 5.66. The molecular formula is C15H23ClFN. The predicted molar refractivity (Wildman–Crippen MR) is 76.7 cm³/mol. The molecule has 0 radical (unpaired) electrons. The number of hydrogen-bond acceptors (Lipinski definition) is 1. The summed E-state index contributed by atoms with van der Waals surface area (Å²) in [6.45, 7) is 4.48. The molecule has 1 aromatic rings. The largest absolute Gasteiger partial charge is 0.317 e. The first kappa shape index (κ1) is 15.5. The highest BCUT2D eigenvalue weighted by Gasteiger charge is 2.10. The molecule has 1 N–H and O–H groups in total. The van der Waals surface area contributed by atoms with Crippen LogP contribution in [0.2, 0.25) is 5.02 Å². The number of rotatable bonds is 7. The Kier molecular flexibility index (Phi) is 6.66. The van der Waals surface area contributed by atoms with Crippen LogP contribution in [0.15, 0.2) is 18.2 Å². The van der Waals surface area contributed by atoms with Gasteiger partial charge < -0.3 is 5.32 Å². The zero-order valence-electron chi connectivity index (χ0n) is 11.5. The van der Waals surface area contributed by atoms with Gasteiger partial charge in [-0.25, -0.2) is 4.39 Å². The average molecular weight is 272 g/mol. The van der Waals surface area contributed by atoms with Crippen molar-refractivity contribution in [2.24, 2.45) is 5.92 Å². The van der Waals surface area contributed by atoms with Gasteiger partial charge in [-0.3, -0.25) is 0 Å². The minimum absolute atomic E-state index is 0.274. The molecule has 0 aromatic heterocycles. The van der Waals surface area contributed by atoms with Crippen LogP contribution in [-0.4, -0.2) is 13.1 Å². The Balaban J connectivity index is 2.51. The van der Waals surface area contributed by atoms with Crippen molar-refractivity contribution in [3.63, 3.8) is 0 Å². The van der Waals surface area contributed by atoms with E-state index < -0.39 is 0 Å². The van der Waals surface area contributed by atoms with Crippen LogP contribution in [-0.2, 0) is 6.42 Å². The summed E-state index contributed by atoms with van der Waals surface area (Å²) in [5.74, 6) is 0.474. The van der Waals surface area contributed by atoms with Gasteiger partial charge in [0, 0.05) is 11.1 Å². The van der Waals surface area contributed by atoms with E-state index in [0.717, 1.165) is 24.3 Å². The first-order valence-electron chi connectivity index (χ1n) is 6.64. The van der Waals surface area contributed by atoms with E-state index in [4.69, 9.17) is 11.6 Å². The van der Waals surface area contributed by atoms with E-state index in [1.807, 2.05) is 7.05 Å². The Hall–Kier alpha value is -0.600. The lowest BCUT2D eigenvalue weighted by atomic mass is 9.98. The van der Waals surface area contributed by atoms with Crippen molar-refractivity contribution >= 4 is 11.6 Å². The number of halogens is 2. The fraction of sp³-hybridized carbons (Fsp3) is 0.600. The van der Waals surface area contributed by atoms with Gasteiger partial charge in [0.2, 0.25) is 0 Å². The maximum atomic E-state index is 13.0. The van der Waals surface area contributed by atoms with Crippen LogP contribution in [0.3, 0.4) is 0 Å². The van der Waals surface area contributed by atoms with Gasteiger partial charge in [0.1, 0.15) is 5.82 Å². The molecule has 0 fully saturated rings. The Morgan fingerprint density at radius 2 is 2.00 bits per heavy atom. The molecule has 1 atom stereocenters. The molecule has 0 heterocycles. The van der Waals surface area contributed by atoms with E-state index in [1.54, 1.807) is 6.07 Å². The minimum Gasteiger partial charge on any atom is -0.317 e. The monoisotopic (exact) mass is 271 g/mol. The van der Waals surface area contributed by atoms with Crippen LogP contribution in [0.25, 0.3) is 0 Å². The highest BCUT2D eigenvalue weighted by molar-refractivity contribution is 6.31. The second kappa shape index (κ2) is 7.75. The molecule has 1 rings (SSSR count). The highest BCUT2D eigenvalue weighted by atomic mass is 35.5. The molecule has 0 aliphatic rings. The van der Waals surface area contributed by atoms with Crippen LogP contribution < -0.4 is 5.32 Å². The van der Waals surface area contributed by atoms with Gasteiger partial charge in [0.05, 0.1) is 0 Å². The van der Waals surface area contributed by atoms with Crippen LogP contribution in [0.4, 0.5) is 4.39 Å². The van der Waals surface area contributed by atoms with E-state index in [2.05, 4.69) is 19.2 Å². The smallest absolute Gasteiger partial charge is 0.124 e. The van der Waals surface area contributed by atoms with Crippen molar-refractivity contribution < 1.29 is 4.39 Å². The lowest BCUT2D eigenvalue weighted by Crippen LogP contribution is -2.27. The van der Waals surface area contributed by atoms with Gasteiger partial charge in [0.15, 0.2) is 0 Å². The van der Waals surface area contributed by atoms with Crippen molar-refractivity contribution in [2.75, 3.05) is 7.05 Å². The Bertz CT molecular complexity index is 366. The molecule has 0 aliphatic carbocycles. The third-order valence-electron chi connectivity index (χ3n) is 3.22. The topological polar surface area (TPSA) is 12.0 Å². The average Bonchev–Trinajstić information content (AvgIpc) is 2.30. The fourth-order valence-electron chi connectivity index (χ4n) is 2.07. The highest BCUT2D eigenvalue weighted by Crippen LogP contribution is 2.20. The van der Waals surface area contributed by atoms with E-state index in [9.17, 15) is 4.39 Å². The standard InChI is InChI=1S/C15H23ClFN/c1-11(2)5-4-6-14(18-3)9-12-7-8-13(17)10-15(12)16/h7-8,10-11,14,18H,4-6,9H2,1-3H3. The number of benzene rings is 1. The maximum absolute atomic E-state index is 13.0. The molecule has 18 heavy (non-hydrogen) atoms. The van der Waals surface area contributed by atoms with Crippen LogP contribution in [0.1, 0.15) is 38.7 Å². The van der Waals surface area contributed by atoms with Crippen molar-refractivity contribution in [3.8, 4) is 0 Å². The molecular weight excluding hydrogens is 249 g/mol. The summed E-state index contributed by atoms with van der Waals surface area (Å²) < 4.78 is 13.0. The minimum atomic E-state index is -0.274. The number of likely N-dealkylation sites (N-methyl/N-ethyl adjacent to an activating group) is 1. The molecule has 0 spiro atoms. The first-order chi connectivity index (χ1) is 8.52. The van der Waals surface area contributed by atoms with Gasteiger partial charge in [-0.1, -0.05) is 44.4 Å². The molecule has 0 bridgehead atoms. The van der Waals surface area contributed by atoms with E-state index in [-0.39, 0.29) is 5.82 Å². The molecule has 1 aromatic carbocycles. The second-order valence-electron chi connectivity index (χ2n) is 5.25. The van der Waals surface area contributed by atoms with Gasteiger partial charge in [-0.15, -0.1) is 0 Å². The molecule has 0 saturated carbocycles. The van der Waals surface area contributed by atoms with Gasteiger partial charge in [-0.2, -0.15) is 0 Å². The van der Waals surface area contributed by atoms with Crippen LogP contribution >= 0.6 is 11.6 Å². The summed E-state index contributed by atoms with van der Waals surface area (Å²) >= 11 is 6.05. The van der Waals surface area contributed by atoms with E-state index in [1.165, 1.54) is 25.0 Å². The predicted octanol–water partition coefficient (Wildman–Crippen LogP) is 4.44. The van der Waals surface area contributed by atoms with E-state index in [0.29, 0.717) is 11.1 Å². The van der Waals surface area contributed by atoms with Crippen molar-refractivity contribution in [3.05, 3.63) is 34.6 Å². The summed E-state index contributed by atoms with van der Waals surface area (Å²) in [7, 11) is 1.97. The van der Waals surface area contributed by atoms with Gasteiger partial charge in [0.25, 0.3) is 0 Å². The van der Waals surface area contributed by atoms with Crippen molar-refractivity contribution in [1.82, 2.24) is 5.32 Å². The molecule has 102 valence electrons. The molecule has 0 saturated heterocycles. The van der Waals surface area contributed by atoms with Crippen LogP contribution in [0.5, 0.6) is 0 Å². The van der Waals surface area contributed by atoms with Gasteiger partial charge >= 0.3 is 0 Å². The summed E-state index contributed by atoms with van der Waals surface area (Å²) in [5, 5.41) is 3.84. The molecule has 1 unspecified atom stereocenters. The van der Waals surface area contributed by atoms with Gasteiger partial charge in [-0.05, 0) is 43.5 Å². The maximum Gasteiger partial charge on any atom is 0.124 e. The molecule has 3 heteroatoms. The third-order valence-corrected chi connectivity index (χ3v) is 3.58. The molecule has 0 aliphatic heterocycles. The summed E-state index contributed by atoms with van der Waals surface area (Å²) in [4.78, 5) is 0. The number of hydrogen-bond donors (Lipinski definition) is 1. The third kappa shape index (κ3) is 5.36. The van der Waals surface area contributed by atoms with Crippen LogP contribution in [0, 0.1) is 11.7 Å². The first-order valence-corrected chi connectivity index (χ1v) is 7.02. The zero-order valence-corrected chi connectivity index (χ0v) is 12.2. The lowest BCUT2D eigenvalue weighted by molar-refractivity contribution is 0.457. The Morgan fingerprint density at radius 3 is 2.56 bits per heavy atom. The number of nitrogens with one attached hydrogen (secondary N) is 1. The normalized spacial score (nSPS) is 13.0. The zero-order chi connectivity index (χ0) is 13.5. The van der Waals surface area contributed by atoms with Crippen molar-refractivity contribution in [1.29, 1.82) is 0 Å². The Labute approximate surface area is 115 Å². The summed E-state index contributed by atoms with van der Waals surface area (Å²) in [5.41, 5.74) is 1.02. The van der Waals surface area contributed by atoms with E-state index >= 15 is 0 Å². The fourth-order valence-corrected chi connectivity index (χ4v) is 2.32. The molecule has 0 amide bonds. The Morgan fingerprint density at radius 1 is 1.28 bits per heavy atom. The summed E-state index contributed by atoms with van der Waals surface area (Å²) in [6, 6.07) is 5.05. The lowest BCUT2D eigenvalue weighted by Gasteiger charge is -2.17. The molecule has 1 nitrogen and oxygen atoms in total. The van der Waals surface area contributed by atoms with Crippen molar-refractivity contribution in [2.45, 2.75) is 45.6 Å². The SMILES string of the molecule is CNC(CCCC(C)C)Cc1ccc(F)cc1Cl.